The van der Waals surface area contributed by atoms with Crippen LogP contribution in [0, 0.1) is 0 Å². The summed E-state index contributed by atoms with van der Waals surface area (Å²) in [6, 6.07) is 0. The Bertz CT molecular complexity index is 244. The van der Waals surface area contributed by atoms with Gasteiger partial charge >= 0.3 is 0 Å². The summed E-state index contributed by atoms with van der Waals surface area (Å²) in [4.78, 5) is 8.19. The maximum Gasteiger partial charge on any atom is 0.154 e. The highest BCUT2D eigenvalue weighted by molar-refractivity contribution is 6.13. The van der Waals surface area contributed by atoms with Crippen LogP contribution in [0.15, 0.2) is 33.8 Å². The number of hydrogen-bond acceptors (Lipinski definition) is 2. The molecule has 0 aliphatic carbocycles. The van der Waals surface area contributed by atoms with Gasteiger partial charge in [0.25, 0.3) is 0 Å². The second-order valence-electron chi connectivity index (χ2n) is 1.97. The summed E-state index contributed by atoms with van der Waals surface area (Å²) in [6.45, 7) is 0.782. The summed E-state index contributed by atoms with van der Waals surface area (Å²) in [5, 5.41) is 0. The first-order valence-corrected chi connectivity index (χ1v) is 2.92. The number of fused-ring (bicyclic) bond motifs is 1. The highest BCUT2D eigenvalue weighted by Gasteiger charge is 2.07. The zero-order valence-electron chi connectivity index (χ0n) is 4.91. The van der Waals surface area contributed by atoms with Crippen molar-refractivity contribution in [1.29, 1.82) is 0 Å². The van der Waals surface area contributed by atoms with Gasteiger partial charge in [-0.2, -0.15) is 0 Å². The summed E-state index contributed by atoms with van der Waals surface area (Å²) in [6.07, 6.45) is 7.83. The predicted octanol–water partition coefficient (Wildman–Crippen LogP) is 0.965. The van der Waals surface area contributed by atoms with E-state index in [9.17, 15) is 0 Å². The minimum atomic E-state index is 0.782. The Kier molecular flexibility index (Phi) is 0.859. The van der Waals surface area contributed by atoms with Crippen LogP contribution in [0.5, 0.6) is 0 Å². The number of dihydropyridines is 1. The van der Waals surface area contributed by atoms with Crippen LogP contribution in [0.2, 0.25) is 0 Å². The highest BCUT2D eigenvalue weighted by Crippen LogP contribution is 2.10. The van der Waals surface area contributed by atoms with E-state index in [0.717, 1.165) is 18.0 Å². The first-order chi connectivity index (χ1) is 4.47. The van der Waals surface area contributed by atoms with E-state index in [1.165, 1.54) is 0 Å². The molecule has 0 aromatic carbocycles. The third-order valence-corrected chi connectivity index (χ3v) is 1.35. The molecule has 2 aliphatic heterocycles. The molecule has 0 N–H and O–H groups in total. The lowest BCUT2D eigenvalue weighted by Crippen LogP contribution is -1.98. The van der Waals surface area contributed by atoms with Crippen molar-refractivity contribution in [1.82, 2.24) is 0 Å². The quantitative estimate of drug-likeness (QED) is 0.452. The van der Waals surface area contributed by atoms with E-state index >= 15 is 0 Å². The molecule has 0 unspecified atom stereocenters. The third kappa shape index (κ3) is 0.633. The molecule has 0 spiro atoms. The monoisotopic (exact) mass is 118 g/mol. The molecule has 2 rings (SSSR count). The molecular formula is C7H6N2. The lowest BCUT2D eigenvalue weighted by Gasteiger charge is -1.99. The summed E-state index contributed by atoms with van der Waals surface area (Å²) in [5.41, 5.74) is 1.14. The number of nitrogens with zero attached hydrogens (tertiary/aromatic N) is 2. The number of hydrogen-bond donors (Lipinski definition) is 0. The molecule has 44 valence electrons. The first-order valence-electron chi connectivity index (χ1n) is 2.92. The zero-order valence-corrected chi connectivity index (χ0v) is 4.91. The molecule has 2 aliphatic rings. The van der Waals surface area contributed by atoms with Crippen LogP contribution in [0.25, 0.3) is 0 Å². The van der Waals surface area contributed by atoms with E-state index in [2.05, 4.69) is 16.1 Å². The van der Waals surface area contributed by atoms with Gasteiger partial charge in [0.05, 0.1) is 6.54 Å². The molecule has 0 atom stereocenters. The summed E-state index contributed by atoms with van der Waals surface area (Å²) < 4.78 is 0. The SMILES string of the molecule is C1=CC2=CC=NC2=NC1. The lowest BCUT2D eigenvalue weighted by molar-refractivity contribution is 1.21. The van der Waals surface area contributed by atoms with E-state index in [1.54, 1.807) is 6.21 Å². The summed E-state index contributed by atoms with van der Waals surface area (Å²) in [5.74, 6) is 0.887. The fraction of sp³-hybridized carbons (Fsp3) is 0.143. The normalized spacial score (nSPS) is 21.3. The Balaban J connectivity index is 2.46. The average Bonchev–Trinajstić information content (AvgIpc) is 2.33. The fourth-order valence-corrected chi connectivity index (χ4v) is 0.918. The molecular weight excluding hydrogens is 112 g/mol. The van der Waals surface area contributed by atoms with Crippen molar-refractivity contribution in [3.8, 4) is 0 Å². The second-order valence-corrected chi connectivity index (χ2v) is 1.97. The van der Waals surface area contributed by atoms with Gasteiger partial charge in [-0.05, 0) is 6.08 Å². The maximum absolute atomic E-state index is 4.16. The molecule has 0 fully saturated rings. The minimum Gasteiger partial charge on any atom is -0.262 e. The lowest BCUT2D eigenvalue weighted by atomic mass is 10.2. The minimum absolute atomic E-state index is 0.782. The number of amidine groups is 1. The van der Waals surface area contributed by atoms with Crippen LogP contribution in [-0.2, 0) is 0 Å². The molecule has 0 aromatic rings. The van der Waals surface area contributed by atoms with Crippen molar-refractivity contribution in [2.75, 3.05) is 6.54 Å². The Morgan fingerprint density at radius 1 is 1.44 bits per heavy atom. The number of aliphatic imine (C=N–C) groups is 2. The zero-order chi connectivity index (χ0) is 6.10. The van der Waals surface area contributed by atoms with Gasteiger partial charge in [0.15, 0.2) is 5.84 Å². The standard InChI is InChI=1S/C7H6N2/c1-2-6-3-5-9-7(6)8-4-1/h1-3,5H,4H2. The van der Waals surface area contributed by atoms with E-state index < -0.39 is 0 Å². The topological polar surface area (TPSA) is 24.7 Å². The van der Waals surface area contributed by atoms with Crippen LogP contribution in [0.4, 0.5) is 0 Å². The molecule has 0 bridgehead atoms. The van der Waals surface area contributed by atoms with Gasteiger partial charge in [0, 0.05) is 11.8 Å². The molecule has 2 nitrogen and oxygen atoms in total. The molecule has 9 heavy (non-hydrogen) atoms. The van der Waals surface area contributed by atoms with Crippen LogP contribution in [0.1, 0.15) is 0 Å². The maximum atomic E-state index is 4.16. The third-order valence-electron chi connectivity index (χ3n) is 1.35. The van der Waals surface area contributed by atoms with Gasteiger partial charge in [-0.1, -0.05) is 12.2 Å². The van der Waals surface area contributed by atoms with Crippen molar-refractivity contribution in [2.24, 2.45) is 9.98 Å². The summed E-state index contributed by atoms with van der Waals surface area (Å²) >= 11 is 0. The molecule has 0 radical (unpaired) electrons. The van der Waals surface area contributed by atoms with E-state index in [4.69, 9.17) is 0 Å². The van der Waals surface area contributed by atoms with Gasteiger partial charge in [-0.15, -0.1) is 0 Å². The average molecular weight is 118 g/mol. The summed E-state index contributed by atoms with van der Waals surface area (Å²) in [7, 11) is 0. The van der Waals surface area contributed by atoms with Crippen molar-refractivity contribution in [3.63, 3.8) is 0 Å². The van der Waals surface area contributed by atoms with Crippen LogP contribution < -0.4 is 0 Å². The Hall–Kier alpha value is -1.18. The van der Waals surface area contributed by atoms with E-state index in [-0.39, 0.29) is 0 Å². The van der Waals surface area contributed by atoms with E-state index in [0.29, 0.717) is 0 Å². The Morgan fingerprint density at radius 3 is 3.33 bits per heavy atom. The van der Waals surface area contributed by atoms with E-state index in [1.807, 2.05) is 12.2 Å². The van der Waals surface area contributed by atoms with Gasteiger partial charge < -0.3 is 0 Å². The molecule has 2 heterocycles. The van der Waals surface area contributed by atoms with Gasteiger partial charge in [-0.3, -0.25) is 4.99 Å². The van der Waals surface area contributed by atoms with Gasteiger partial charge in [0.1, 0.15) is 0 Å². The molecule has 0 saturated carbocycles. The molecule has 2 heteroatoms. The van der Waals surface area contributed by atoms with Crippen molar-refractivity contribution < 1.29 is 0 Å². The Labute approximate surface area is 53.3 Å². The van der Waals surface area contributed by atoms with Crippen molar-refractivity contribution >= 4 is 12.1 Å². The number of rotatable bonds is 0. The highest BCUT2D eigenvalue weighted by atomic mass is 14.9. The first kappa shape index (κ1) is 4.68. The molecule has 0 saturated heterocycles. The largest absolute Gasteiger partial charge is 0.262 e. The van der Waals surface area contributed by atoms with Crippen molar-refractivity contribution in [2.45, 2.75) is 0 Å². The Morgan fingerprint density at radius 2 is 2.44 bits per heavy atom. The van der Waals surface area contributed by atoms with Gasteiger partial charge in [-0.25, -0.2) is 4.99 Å². The van der Waals surface area contributed by atoms with Crippen LogP contribution in [0.3, 0.4) is 0 Å². The fourth-order valence-electron chi connectivity index (χ4n) is 0.918. The predicted molar refractivity (Wildman–Crippen MR) is 38.0 cm³/mol. The van der Waals surface area contributed by atoms with Crippen LogP contribution in [-0.4, -0.2) is 18.6 Å². The molecule has 0 aromatic heterocycles. The number of allylic oxidation sites excluding steroid dienone is 1. The smallest absolute Gasteiger partial charge is 0.154 e. The molecule has 0 amide bonds. The van der Waals surface area contributed by atoms with Crippen molar-refractivity contribution in [3.05, 3.63) is 23.8 Å². The van der Waals surface area contributed by atoms with Gasteiger partial charge in [0.2, 0.25) is 0 Å². The van der Waals surface area contributed by atoms with Crippen LogP contribution >= 0.6 is 0 Å². The second kappa shape index (κ2) is 1.65.